The first-order valence-electron chi connectivity index (χ1n) is 4.78. The smallest absolute Gasteiger partial charge is 0.284 e. The first-order valence-corrected chi connectivity index (χ1v) is 5.83. The fourth-order valence-corrected chi connectivity index (χ4v) is 1.50. The molecule has 1 heterocycles. The summed E-state index contributed by atoms with van der Waals surface area (Å²) in [5, 5.41) is 3.04. The monoisotopic (exact) mass is 245 g/mol. The van der Waals surface area contributed by atoms with Crippen LogP contribution in [-0.2, 0) is 12.3 Å². The number of thioether (sulfide) groups is 1. The summed E-state index contributed by atoms with van der Waals surface area (Å²) in [6.07, 6.45) is 5.19. The molecule has 0 aliphatic rings. The lowest BCUT2D eigenvalue weighted by molar-refractivity contribution is 0.251. The maximum atomic E-state index is 11.9. The molecule has 0 aliphatic carbocycles. The molecule has 0 spiro atoms. The van der Waals surface area contributed by atoms with Crippen LogP contribution in [0.25, 0.3) is 0 Å². The molecule has 1 aromatic rings. The van der Waals surface area contributed by atoms with Gasteiger partial charge in [-0.3, -0.25) is 5.32 Å². The molecule has 0 aliphatic heterocycles. The number of furan rings is 1. The number of rotatable bonds is 6. The lowest BCUT2D eigenvalue weighted by Crippen LogP contribution is -2.23. The third kappa shape index (κ3) is 4.69. The van der Waals surface area contributed by atoms with Crippen LogP contribution in [-0.4, -0.2) is 11.8 Å². The van der Waals surface area contributed by atoms with Crippen LogP contribution in [0.4, 0.5) is 8.78 Å². The van der Waals surface area contributed by atoms with E-state index in [9.17, 15) is 8.78 Å². The molecule has 1 unspecified atom stereocenters. The average molecular weight is 245 g/mol. The minimum absolute atomic E-state index is 0.0380. The minimum atomic E-state index is -2.37. The SMILES string of the molecule is C#CC(C)NCc1ccc(CSC(F)F)o1. The average Bonchev–Trinajstić information content (AvgIpc) is 2.71. The Morgan fingerprint density at radius 3 is 2.81 bits per heavy atom. The molecule has 16 heavy (non-hydrogen) atoms. The lowest BCUT2D eigenvalue weighted by Gasteiger charge is -2.04. The maximum absolute atomic E-state index is 11.9. The summed E-state index contributed by atoms with van der Waals surface area (Å²) in [4.78, 5) is 0. The number of nitrogens with one attached hydrogen (secondary N) is 1. The zero-order chi connectivity index (χ0) is 12.0. The molecule has 0 radical (unpaired) electrons. The van der Waals surface area contributed by atoms with Crippen LogP contribution in [0.2, 0.25) is 0 Å². The predicted molar refractivity (Wildman–Crippen MR) is 61.1 cm³/mol. The molecule has 1 rings (SSSR count). The number of hydrogen-bond acceptors (Lipinski definition) is 3. The predicted octanol–water partition coefficient (Wildman–Crippen LogP) is 2.85. The van der Waals surface area contributed by atoms with Gasteiger partial charge in [-0.1, -0.05) is 17.7 Å². The van der Waals surface area contributed by atoms with E-state index in [1.807, 2.05) is 6.92 Å². The zero-order valence-corrected chi connectivity index (χ0v) is 9.69. The Balaban J connectivity index is 2.37. The van der Waals surface area contributed by atoms with Crippen molar-refractivity contribution in [3.8, 4) is 12.3 Å². The normalized spacial score (nSPS) is 12.7. The Hall–Kier alpha value is -0.990. The van der Waals surface area contributed by atoms with Gasteiger partial charge in [-0.15, -0.1) is 6.42 Å². The summed E-state index contributed by atoms with van der Waals surface area (Å²) >= 11 is 0.547. The van der Waals surface area contributed by atoms with Crippen molar-refractivity contribution in [2.24, 2.45) is 0 Å². The van der Waals surface area contributed by atoms with Crippen LogP contribution in [0.15, 0.2) is 16.5 Å². The van der Waals surface area contributed by atoms with Crippen molar-refractivity contribution in [3.05, 3.63) is 23.7 Å². The molecule has 0 bridgehead atoms. The molecule has 0 aromatic carbocycles. The van der Waals surface area contributed by atoms with Gasteiger partial charge in [0.25, 0.3) is 5.76 Å². The number of terminal acetylenes is 1. The van der Waals surface area contributed by atoms with E-state index in [1.54, 1.807) is 12.1 Å². The van der Waals surface area contributed by atoms with Crippen molar-refractivity contribution in [1.29, 1.82) is 0 Å². The van der Waals surface area contributed by atoms with Gasteiger partial charge in [0.2, 0.25) is 0 Å². The molecule has 1 aromatic heterocycles. The zero-order valence-electron chi connectivity index (χ0n) is 8.87. The molecule has 1 atom stereocenters. The van der Waals surface area contributed by atoms with Crippen LogP contribution in [0.5, 0.6) is 0 Å². The standard InChI is InChI=1S/C11H13F2NOS/c1-3-8(2)14-6-9-4-5-10(15-9)7-16-11(12)13/h1,4-5,8,11,14H,6-7H2,2H3. The number of hydrogen-bond donors (Lipinski definition) is 1. The van der Waals surface area contributed by atoms with Gasteiger partial charge in [0.15, 0.2) is 0 Å². The Morgan fingerprint density at radius 2 is 2.19 bits per heavy atom. The van der Waals surface area contributed by atoms with E-state index in [0.29, 0.717) is 29.8 Å². The molecule has 0 saturated heterocycles. The third-order valence-electron chi connectivity index (χ3n) is 1.90. The van der Waals surface area contributed by atoms with Gasteiger partial charge in [-0.25, -0.2) is 0 Å². The highest BCUT2D eigenvalue weighted by molar-refractivity contribution is 7.98. The van der Waals surface area contributed by atoms with Gasteiger partial charge in [0.1, 0.15) is 11.5 Å². The van der Waals surface area contributed by atoms with Crippen molar-refractivity contribution < 1.29 is 13.2 Å². The molecule has 0 amide bonds. The minimum Gasteiger partial charge on any atom is -0.464 e. The third-order valence-corrected chi connectivity index (χ3v) is 2.60. The van der Waals surface area contributed by atoms with Gasteiger partial charge in [-0.2, -0.15) is 8.78 Å². The Labute approximate surface area is 97.8 Å². The van der Waals surface area contributed by atoms with Crippen molar-refractivity contribution in [2.45, 2.75) is 31.0 Å². The van der Waals surface area contributed by atoms with Crippen molar-refractivity contribution in [1.82, 2.24) is 5.32 Å². The highest BCUT2D eigenvalue weighted by Crippen LogP contribution is 2.21. The molecule has 0 saturated carbocycles. The van der Waals surface area contributed by atoms with Crippen molar-refractivity contribution >= 4 is 11.8 Å². The summed E-state index contributed by atoms with van der Waals surface area (Å²) in [7, 11) is 0. The van der Waals surface area contributed by atoms with Gasteiger partial charge in [-0.05, 0) is 19.1 Å². The number of halogens is 2. The highest BCUT2D eigenvalue weighted by atomic mass is 32.2. The van der Waals surface area contributed by atoms with E-state index in [0.717, 1.165) is 0 Å². The second kappa shape index (κ2) is 6.56. The van der Waals surface area contributed by atoms with Crippen LogP contribution in [0, 0.1) is 12.3 Å². The van der Waals surface area contributed by atoms with Gasteiger partial charge in [0.05, 0.1) is 18.3 Å². The quantitative estimate of drug-likeness (QED) is 0.780. The Bertz CT molecular complexity index is 359. The maximum Gasteiger partial charge on any atom is 0.284 e. The Morgan fingerprint density at radius 1 is 1.50 bits per heavy atom. The highest BCUT2D eigenvalue weighted by Gasteiger charge is 2.07. The summed E-state index contributed by atoms with van der Waals surface area (Å²) in [6, 6.07) is 3.42. The molecule has 1 N–H and O–H groups in total. The Kier molecular flexibility index (Phi) is 5.36. The topological polar surface area (TPSA) is 25.2 Å². The first kappa shape index (κ1) is 13.1. The summed E-state index contributed by atoms with van der Waals surface area (Å²) in [6.45, 7) is 2.36. The van der Waals surface area contributed by atoms with E-state index in [-0.39, 0.29) is 11.8 Å². The van der Waals surface area contributed by atoms with Gasteiger partial charge < -0.3 is 4.42 Å². The lowest BCUT2D eigenvalue weighted by atomic mass is 10.3. The largest absolute Gasteiger partial charge is 0.464 e. The summed E-state index contributed by atoms with van der Waals surface area (Å²) in [5.41, 5.74) is 0. The molecule has 88 valence electrons. The molecular formula is C11H13F2NOS. The van der Waals surface area contributed by atoms with E-state index >= 15 is 0 Å². The first-order chi connectivity index (χ1) is 7.61. The van der Waals surface area contributed by atoms with Crippen LogP contribution in [0.3, 0.4) is 0 Å². The van der Waals surface area contributed by atoms with Crippen LogP contribution < -0.4 is 5.32 Å². The molecular weight excluding hydrogens is 232 g/mol. The molecule has 2 nitrogen and oxygen atoms in total. The molecule has 5 heteroatoms. The second-order valence-corrected chi connectivity index (χ2v) is 4.19. The van der Waals surface area contributed by atoms with Gasteiger partial charge in [0, 0.05) is 0 Å². The fourth-order valence-electron chi connectivity index (χ4n) is 1.05. The van der Waals surface area contributed by atoms with E-state index in [2.05, 4.69) is 11.2 Å². The summed E-state index contributed by atoms with van der Waals surface area (Å²) < 4.78 is 29.2. The van der Waals surface area contributed by atoms with Gasteiger partial charge >= 0.3 is 0 Å². The number of alkyl halides is 2. The summed E-state index contributed by atoms with van der Waals surface area (Å²) in [5.74, 6) is 1.59. The fraction of sp³-hybridized carbons (Fsp3) is 0.455. The van der Waals surface area contributed by atoms with E-state index < -0.39 is 5.76 Å². The van der Waals surface area contributed by atoms with Crippen LogP contribution >= 0.6 is 11.8 Å². The van der Waals surface area contributed by atoms with E-state index in [4.69, 9.17) is 10.8 Å². The second-order valence-electron chi connectivity index (χ2n) is 3.21. The van der Waals surface area contributed by atoms with Crippen molar-refractivity contribution in [3.63, 3.8) is 0 Å². The van der Waals surface area contributed by atoms with E-state index in [1.165, 1.54) is 0 Å². The van der Waals surface area contributed by atoms with Crippen molar-refractivity contribution in [2.75, 3.05) is 0 Å². The van der Waals surface area contributed by atoms with Crippen LogP contribution in [0.1, 0.15) is 18.4 Å². The molecule has 0 fully saturated rings.